The lowest BCUT2D eigenvalue weighted by Gasteiger charge is -2.38. The van der Waals surface area contributed by atoms with Gasteiger partial charge >= 0.3 is 0 Å². The summed E-state index contributed by atoms with van der Waals surface area (Å²) in [6.45, 7) is 2.38. The number of carbonyl (C=O) groups is 1. The van der Waals surface area contributed by atoms with Gasteiger partial charge in [0.2, 0.25) is 5.91 Å². The van der Waals surface area contributed by atoms with Crippen LogP contribution in [-0.2, 0) is 4.79 Å². The average Bonchev–Trinajstić information content (AvgIpc) is 2.39. The number of piperidine rings is 1. The first-order valence-electron chi connectivity index (χ1n) is 6.40. The van der Waals surface area contributed by atoms with Crippen molar-refractivity contribution in [1.82, 2.24) is 0 Å². The summed E-state index contributed by atoms with van der Waals surface area (Å²) in [4.78, 5) is 23.9. The molecule has 2 N–H and O–H groups in total. The minimum absolute atomic E-state index is 0.0468. The molecule has 0 saturated carbocycles. The Morgan fingerprint density at radius 3 is 2.80 bits per heavy atom. The van der Waals surface area contributed by atoms with Gasteiger partial charge in [-0.3, -0.25) is 14.9 Å². The minimum atomic E-state index is -0.457. The number of nitrogens with zero attached hydrogens (tertiary/aromatic N) is 2. The van der Waals surface area contributed by atoms with E-state index in [1.807, 2.05) is 11.8 Å². The number of nitro groups is 1. The number of halogens is 1. The summed E-state index contributed by atoms with van der Waals surface area (Å²) in [5.74, 6) is -0.639. The Labute approximate surface area is 121 Å². The van der Waals surface area contributed by atoms with Crippen LogP contribution in [-0.4, -0.2) is 23.4 Å². The molecule has 0 aliphatic carbocycles. The summed E-state index contributed by atoms with van der Waals surface area (Å²) in [7, 11) is 0. The third-order valence-electron chi connectivity index (χ3n) is 3.73. The smallest absolute Gasteiger partial charge is 0.294 e. The number of nitro benzene ring substituents is 1. The van der Waals surface area contributed by atoms with Crippen LogP contribution < -0.4 is 10.6 Å². The van der Waals surface area contributed by atoms with Crippen LogP contribution in [0.3, 0.4) is 0 Å². The highest BCUT2D eigenvalue weighted by molar-refractivity contribution is 6.30. The summed E-state index contributed by atoms with van der Waals surface area (Å²) in [6.07, 6.45) is 1.49. The third kappa shape index (κ3) is 2.85. The normalized spacial score (nSPS) is 22.6. The summed E-state index contributed by atoms with van der Waals surface area (Å²) < 4.78 is 0. The second kappa shape index (κ2) is 5.66. The molecule has 1 aliphatic rings. The van der Waals surface area contributed by atoms with Crippen LogP contribution in [0.15, 0.2) is 18.2 Å². The molecule has 2 atom stereocenters. The zero-order valence-corrected chi connectivity index (χ0v) is 11.8. The summed E-state index contributed by atoms with van der Waals surface area (Å²) in [5.41, 5.74) is 5.79. The van der Waals surface area contributed by atoms with Crippen LogP contribution in [0, 0.1) is 16.0 Å². The first kappa shape index (κ1) is 14.6. The van der Waals surface area contributed by atoms with E-state index in [4.69, 9.17) is 17.3 Å². The second-order valence-corrected chi connectivity index (χ2v) is 5.50. The molecular weight excluding hydrogens is 282 g/mol. The van der Waals surface area contributed by atoms with Gasteiger partial charge in [-0.25, -0.2) is 0 Å². The average molecular weight is 298 g/mol. The molecule has 0 radical (unpaired) electrons. The third-order valence-corrected chi connectivity index (χ3v) is 3.96. The molecule has 20 heavy (non-hydrogen) atoms. The van der Waals surface area contributed by atoms with Crippen molar-refractivity contribution < 1.29 is 9.72 Å². The van der Waals surface area contributed by atoms with Gasteiger partial charge in [0.1, 0.15) is 5.69 Å². The molecule has 0 bridgehead atoms. The van der Waals surface area contributed by atoms with Crippen molar-refractivity contribution in [2.45, 2.75) is 25.8 Å². The molecule has 1 aliphatic heterocycles. The van der Waals surface area contributed by atoms with Crippen molar-refractivity contribution >= 4 is 28.9 Å². The lowest BCUT2D eigenvalue weighted by molar-refractivity contribution is -0.384. The van der Waals surface area contributed by atoms with E-state index in [1.54, 1.807) is 12.1 Å². The molecule has 1 amide bonds. The molecule has 1 fully saturated rings. The number of hydrogen-bond acceptors (Lipinski definition) is 4. The van der Waals surface area contributed by atoms with Crippen molar-refractivity contribution in [2.24, 2.45) is 11.7 Å². The zero-order valence-electron chi connectivity index (χ0n) is 11.1. The molecule has 0 spiro atoms. The first-order valence-corrected chi connectivity index (χ1v) is 6.78. The van der Waals surface area contributed by atoms with E-state index < -0.39 is 4.92 Å². The van der Waals surface area contributed by atoms with Gasteiger partial charge in [-0.05, 0) is 31.9 Å². The largest absolute Gasteiger partial charge is 0.369 e. The summed E-state index contributed by atoms with van der Waals surface area (Å²) >= 11 is 5.82. The predicted molar refractivity (Wildman–Crippen MR) is 76.8 cm³/mol. The Kier molecular flexibility index (Phi) is 4.13. The molecule has 108 valence electrons. The molecule has 1 saturated heterocycles. The molecule has 2 rings (SSSR count). The lowest BCUT2D eigenvalue weighted by Crippen LogP contribution is -2.46. The van der Waals surface area contributed by atoms with E-state index in [0.717, 1.165) is 6.42 Å². The van der Waals surface area contributed by atoms with E-state index in [-0.39, 0.29) is 23.6 Å². The summed E-state index contributed by atoms with van der Waals surface area (Å²) in [6, 6.07) is 4.69. The standard InChI is InChI=1S/C13H16ClN3O3/c1-8-2-3-9(13(15)18)7-16(8)11-5-4-10(14)6-12(11)17(19)20/h4-6,8-9H,2-3,7H2,1H3,(H2,15,18). The van der Waals surface area contributed by atoms with E-state index >= 15 is 0 Å². The second-order valence-electron chi connectivity index (χ2n) is 5.07. The van der Waals surface area contributed by atoms with Gasteiger partial charge in [0.25, 0.3) is 5.69 Å². The monoisotopic (exact) mass is 297 g/mol. The predicted octanol–water partition coefficient (Wildman–Crippen LogP) is 2.34. The van der Waals surface area contributed by atoms with E-state index in [9.17, 15) is 14.9 Å². The van der Waals surface area contributed by atoms with E-state index in [0.29, 0.717) is 23.7 Å². The highest BCUT2D eigenvalue weighted by atomic mass is 35.5. The number of nitrogens with two attached hydrogens (primary N) is 1. The van der Waals surface area contributed by atoms with Gasteiger partial charge in [-0.15, -0.1) is 0 Å². The van der Waals surface area contributed by atoms with Gasteiger partial charge in [-0.2, -0.15) is 0 Å². The Bertz CT molecular complexity index is 550. The number of benzene rings is 1. The number of rotatable bonds is 3. The van der Waals surface area contributed by atoms with Gasteiger partial charge in [-0.1, -0.05) is 11.6 Å². The van der Waals surface area contributed by atoms with Crippen molar-refractivity contribution in [3.8, 4) is 0 Å². The minimum Gasteiger partial charge on any atom is -0.369 e. The lowest BCUT2D eigenvalue weighted by atomic mass is 9.92. The maximum Gasteiger partial charge on any atom is 0.294 e. The van der Waals surface area contributed by atoms with Gasteiger partial charge < -0.3 is 10.6 Å². The van der Waals surface area contributed by atoms with Crippen LogP contribution >= 0.6 is 11.6 Å². The van der Waals surface area contributed by atoms with Crippen LogP contribution in [0.5, 0.6) is 0 Å². The molecule has 1 aromatic rings. The quantitative estimate of drug-likeness (QED) is 0.685. The number of primary amides is 1. The molecule has 2 unspecified atom stereocenters. The maximum atomic E-state index is 11.4. The van der Waals surface area contributed by atoms with Crippen molar-refractivity contribution in [3.63, 3.8) is 0 Å². The number of hydrogen-bond donors (Lipinski definition) is 1. The Morgan fingerprint density at radius 2 is 2.20 bits per heavy atom. The fourth-order valence-electron chi connectivity index (χ4n) is 2.56. The molecule has 7 heteroatoms. The van der Waals surface area contributed by atoms with Crippen molar-refractivity contribution in [2.75, 3.05) is 11.4 Å². The Balaban J connectivity index is 2.38. The molecule has 0 aromatic heterocycles. The van der Waals surface area contributed by atoms with Gasteiger partial charge in [0.05, 0.1) is 10.8 Å². The topological polar surface area (TPSA) is 89.5 Å². The highest BCUT2D eigenvalue weighted by Crippen LogP contribution is 2.35. The number of carbonyl (C=O) groups excluding carboxylic acids is 1. The Morgan fingerprint density at radius 1 is 1.50 bits per heavy atom. The highest BCUT2D eigenvalue weighted by Gasteiger charge is 2.32. The van der Waals surface area contributed by atoms with Crippen LogP contribution in [0.1, 0.15) is 19.8 Å². The van der Waals surface area contributed by atoms with Gasteiger partial charge in [0, 0.05) is 23.7 Å². The first-order chi connectivity index (χ1) is 9.40. The van der Waals surface area contributed by atoms with Crippen LogP contribution in [0.25, 0.3) is 0 Å². The summed E-state index contributed by atoms with van der Waals surface area (Å²) in [5, 5.41) is 11.5. The number of amides is 1. The van der Waals surface area contributed by atoms with Crippen molar-refractivity contribution in [1.29, 1.82) is 0 Å². The fourth-order valence-corrected chi connectivity index (χ4v) is 2.73. The SMILES string of the molecule is CC1CCC(C(N)=O)CN1c1ccc(Cl)cc1[N+](=O)[O-]. The number of anilines is 1. The van der Waals surface area contributed by atoms with Crippen LogP contribution in [0.4, 0.5) is 11.4 Å². The molecular formula is C13H16ClN3O3. The van der Waals surface area contributed by atoms with Crippen LogP contribution in [0.2, 0.25) is 5.02 Å². The molecule has 1 aromatic carbocycles. The molecule has 6 nitrogen and oxygen atoms in total. The van der Waals surface area contributed by atoms with E-state index in [1.165, 1.54) is 6.07 Å². The maximum absolute atomic E-state index is 11.4. The van der Waals surface area contributed by atoms with Gasteiger partial charge in [0.15, 0.2) is 0 Å². The molecule has 1 heterocycles. The Hall–Kier alpha value is -1.82. The van der Waals surface area contributed by atoms with E-state index in [2.05, 4.69) is 0 Å². The fraction of sp³-hybridized carbons (Fsp3) is 0.462. The van der Waals surface area contributed by atoms with Crippen molar-refractivity contribution in [3.05, 3.63) is 33.3 Å². The zero-order chi connectivity index (χ0) is 14.9.